The molecule has 0 aliphatic heterocycles. The molecular weight excluding hydrogens is 270 g/mol. The Morgan fingerprint density at radius 1 is 1.26 bits per heavy atom. The van der Waals surface area contributed by atoms with Gasteiger partial charge in [0, 0.05) is 0 Å². The smallest absolute Gasteiger partial charge is 0.374 e. The molecule has 1 aromatic carbocycles. The molecule has 2 aromatic rings. The van der Waals surface area contributed by atoms with Crippen molar-refractivity contribution in [1.29, 1.82) is 0 Å². The van der Waals surface area contributed by atoms with E-state index in [1.54, 1.807) is 0 Å². The zero-order valence-electron chi connectivity index (χ0n) is 9.03. The fourth-order valence-electron chi connectivity index (χ4n) is 1.44. The Labute approximate surface area is 103 Å². The third-order valence-electron chi connectivity index (χ3n) is 2.23. The van der Waals surface area contributed by atoms with Crippen molar-refractivity contribution in [3.8, 4) is 11.5 Å². The molecule has 0 saturated heterocycles. The number of carbonyl (C=O) groups is 1. The van der Waals surface area contributed by atoms with Crippen molar-refractivity contribution >= 4 is 5.97 Å². The first-order chi connectivity index (χ1) is 8.91. The normalized spacial score (nSPS) is 11.0. The van der Waals surface area contributed by atoms with Crippen LogP contribution in [0.4, 0.5) is 17.6 Å². The summed E-state index contributed by atoms with van der Waals surface area (Å²) in [6, 6.07) is 2.79. The molecule has 0 aliphatic rings. The third kappa shape index (κ3) is 2.28. The number of alkyl halides is 2. The van der Waals surface area contributed by atoms with Crippen LogP contribution in [0.5, 0.6) is 0 Å². The second kappa shape index (κ2) is 4.71. The zero-order chi connectivity index (χ0) is 14.2. The molecule has 0 fully saturated rings. The molecule has 0 amide bonds. The fourth-order valence-corrected chi connectivity index (χ4v) is 1.44. The number of carboxylic acid groups (broad SMARTS) is 1. The summed E-state index contributed by atoms with van der Waals surface area (Å²) in [5.41, 5.74) is -1.97. The molecule has 100 valence electrons. The van der Waals surface area contributed by atoms with Gasteiger partial charge in [0.2, 0.25) is 11.7 Å². The third-order valence-corrected chi connectivity index (χ3v) is 2.23. The van der Waals surface area contributed by atoms with E-state index in [4.69, 9.17) is 5.11 Å². The summed E-state index contributed by atoms with van der Waals surface area (Å²) in [7, 11) is 0. The van der Waals surface area contributed by atoms with E-state index in [0.717, 1.165) is 18.2 Å². The molecule has 0 radical (unpaired) electrons. The van der Waals surface area contributed by atoms with Crippen molar-refractivity contribution in [1.82, 2.24) is 4.98 Å². The zero-order valence-corrected chi connectivity index (χ0v) is 9.03. The number of rotatable bonds is 3. The van der Waals surface area contributed by atoms with Crippen LogP contribution in [0.25, 0.3) is 11.5 Å². The highest BCUT2D eigenvalue weighted by Gasteiger charge is 2.28. The Hall–Kier alpha value is -2.38. The van der Waals surface area contributed by atoms with Crippen LogP contribution in [-0.2, 0) is 0 Å². The molecule has 0 aliphatic carbocycles. The first kappa shape index (κ1) is 13.1. The van der Waals surface area contributed by atoms with E-state index in [1.807, 2.05) is 0 Å². The van der Waals surface area contributed by atoms with Gasteiger partial charge in [-0.05, 0) is 12.1 Å². The summed E-state index contributed by atoms with van der Waals surface area (Å²) in [4.78, 5) is 13.8. The Balaban J connectivity index is 2.64. The van der Waals surface area contributed by atoms with Gasteiger partial charge in [0.15, 0.2) is 5.69 Å². The van der Waals surface area contributed by atoms with Crippen LogP contribution >= 0.6 is 0 Å². The number of nitrogens with zero attached hydrogens (tertiary/aromatic N) is 1. The predicted molar refractivity (Wildman–Crippen MR) is 53.8 cm³/mol. The highest BCUT2D eigenvalue weighted by Crippen LogP contribution is 2.31. The topological polar surface area (TPSA) is 63.3 Å². The first-order valence-corrected chi connectivity index (χ1v) is 4.88. The minimum atomic E-state index is -3.24. The van der Waals surface area contributed by atoms with Crippen LogP contribution < -0.4 is 0 Å². The monoisotopic (exact) mass is 275 g/mol. The van der Waals surface area contributed by atoms with E-state index in [2.05, 4.69) is 9.40 Å². The molecule has 2 rings (SSSR count). The number of hydrogen-bond acceptors (Lipinski definition) is 3. The Kier molecular flexibility index (Phi) is 3.24. The standard InChI is InChI=1S/C11H5F4NO3/c12-4-2-1-3-5(13)6(4)10-16-7(9(14)15)8(19-10)11(17)18/h1-3,9H,(H,17,18). The van der Waals surface area contributed by atoms with E-state index in [9.17, 15) is 22.4 Å². The summed E-state index contributed by atoms with van der Waals surface area (Å²) in [6.07, 6.45) is -3.24. The molecule has 8 heteroatoms. The lowest BCUT2D eigenvalue weighted by Gasteiger charge is -1.98. The van der Waals surface area contributed by atoms with E-state index >= 15 is 0 Å². The fraction of sp³-hybridized carbons (Fsp3) is 0.0909. The Morgan fingerprint density at radius 3 is 2.26 bits per heavy atom. The Morgan fingerprint density at radius 2 is 1.84 bits per heavy atom. The predicted octanol–water partition coefficient (Wildman–Crippen LogP) is 3.26. The molecule has 19 heavy (non-hydrogen) atoms. The molecule has 0 saturated carbocycles. The summed E-state index contributed by atoms with van der Waals surface area (Å²) >= 11 is 0. The van der Waals surface area contributed by atoms with E-state index in [0.29, 0.717) is 0 Å². The van der Waals surface area contributed by atoms with E-state index in [-0.39, 0.29) is 0 Å². The van der Waals surface area contributed by atoms with Gasteiger partial charge in [-0.2, -0.15) is 0 Å². The summed E-state index contributed by atoms with van der Waals surface area (Å²) in [5, 5.41) is 8.66. The van der Waals surface area contributed by atoms with Crippen LogP contribution in [0.1, 0.15) is 22.7 Å². The number of benzene rings is 1. The number of carboxylic acids is 1. The quantitative estimate of drug-likeness (QED) is 0.873. The van der Waals surface area contributed by atoms with Crippen molar-refractivity contribution in [2.75, 3.05) is 0 Å². The largest absolute Gasteiger partial charge is 0.475 e. The molecule has 0 spiro atoms. The van der Waals surface area contributed by atoms with Crippen molar-refractivity contribution < 1.29 is 31.9 Å². The molecular formula is C11H5F4NO3. The molecule has 1 aromatic heterocycles. The van der Waals surface area contributed by atoms with E-state index in [1.165, 1.54) is 0 Å². The summed E-state index contributed by atoms with van der Waals surface area (Å²) in [5.74, 6) is -5.99. The van der Waals surface area contributed by atoms with Crippen LogP contribution in [-0.4, -0.2) is 16.1 Å². The van der Waals surface area contributed by atoms with Gasteiger partial charge in [-0.1, -0.05) is 6.07 Å². The Bertz CT molecular complexity index is 619. The maximum absolute atomic E-state index is 13.4. The van der Waals surface area contributed by atoms with Crippen molar-refractivity contribution in [2.24, 2.45) is 0 Å². The maximum Gasteiger partial charge on any atom is 0.374 e. The van der Waals surface area contributed by atoms with Crippen LogP contribution in [0, 0.1) is 11.6 Å². The average molecular weight is 275 g/mol. The van der Waals surface area contributed by atoms with Crippen molar-refractivity contribution in [3.63, 3.8) is 0 Å². The number of aromatic carboxylic acids is 1. The van der Waals surface area contributed by atoms with Crippen LogP contribution in [0.2, 0.25) is 0 Å². The average Bonchev–Trinajstić information content (AvgIpc) is 2.73. The lowest BCUT2D eigenvalue weighted by Crippen LogP contribution is -1.99. The summed E-state index contributed by atoms with van der Waals surface area (Å²) in [6.45, 7) is 0. The van der Waals surface area contributed by atoms with E-state index < -0.39 is 46.9 Å². The molecule has 4 nitrogen and oxygen atoms in total. The second-order valence-corrected chi connectivity index (χ2v) is 3.44. The maximum atomic E-state index is 13.4. The van der Waals surface area contributed by atoms with Crippen LogP contribution in [0.15, 0.2) is 22.6 Å². The van der Waals surface area contributed by atoms with Crippen molar-refractivity contribution in [2.45, 2.75) is 6.43 Å². The van der Waals surface area contributed by atoms with Gasteiger partial charge in [-0.3, -0.25) is 0 Å². The number of oxazole rings is 1. The highest BCUT2D eigenvalue weighted by atomic mass is 19.3. The van der Waals surface area contributed by atoms with Crippen LogP contribution in [0.3, 0.4) is 0 Å². The highest BCUT2D eigenvalue weighted by molar-refractivity contribution is 5.86. The summed E-state index contributed by atoms with van der Waals surface area (Å²) < 4.78 is 56.4. The van der Waals surface area contributed by atoms with Gasteiger partial charge < -0.3 is 9.52 Å². The number of hydrogen-bond donors (Lipinski definition) is 1. The minimum absolute atomic E-state index is 0.795. The van der Waals surface area contributed by atoms with Crippen molar-refractivity contribution in [3.05, 3.63) is 41.3 Å². The molecule has 1 heterocycles. The number of aromatic nitrogens is 1. The lowest BCUT2D eigenvalue weighted by atomic mass is 10.2. The first-order valence-electron chi connectivity index (χ1n) is 4.88. The van der Waals surface area contributed by atoms with Gasteiger partial charge in [-0.15, -0.1) is 0 Å². The molecule has 0 bridgehead atoms. The number of halogens is 4. The lowest BCUT2D eigenvalue weighted by molar-refractivity contribution is 0.0646. The van der Waals surface area contributed by atoms with Gasteiger partial charge >= 0.3 is 5.97 Å². The van der Waals surface area contributed by atoms with Gasteiger partial charge in [0.05, 0.1) is 0 Å². The molecule has 1 N–H and O–H groups in total. The SMILES string of the molecule is O=C(O)c1oc(-c2c(F)cccc2F)nc1C(F)F. The van der Waals surface area contributed by atoms with Gasteiger partial charge in [-0.25, -0.2) is 27.3 Å². The van der Waals surface area contributed by atoms with Gasteiger partial charge in [0.25, 0.3) is 6.43 Å². The minimum Gasteiger partial charge on any atom is -0.475 e. The molecule has 0 unspecified atom stereocenters. The molecule has 0 atom stereocenters. The van der Waals surface area contributed by atoms with Gasteiger partial charge in [0.1, 0.15) is 17.2 Å². The second-order valence-electron chi connectivity index (χ2n) is 3.44.